The van der Waals surface area contributed by atoms with Crippen LogP contribution >= 0.6 is 0 Å². The number of aliphatic hydroxyl groups excluding tert-OH is 1. The Kier molecular flexibility index (Phi) is 7.40. The van der Waals surface area contributed by atoms with Crippen LogP contribution in [0.4, 0.5) is 14.5 Å². The van der Waals surface area contributed by atoms with E-state index in [1.54, 1.807) is 12.1 Å². The first kappa shape index (κ1) is 24.1. The van der Waals surface area contributed by atoms with Gasteiger partial charge in [-0.05, 0) is 42.8 Å². The zero-order valence-corrected chi connectivity index (χ0v) is 18.6. The van der Waals surface area contributed by atoms with Crippen molar-refractivity contribution < 1.29 is 37.7 Å². The smallest absolute Gasteiger partial charge is 0.250 e. The van der Waals surface area contributed by atoms with Gasteiger partial charge < -0.3 is 30.0 Å². The van der Waals surface area contributed by atoms with Crippen LogP contribution in [-0.2, 0) is 25.6 Å². The van der Waals surface area contributed by atoms with Crippen molar-refractivity contribution in [2.75, 3.05) is 25.6 Å². The van der Waals surface area contributed by atoms with Crippen LogP contribution in [0.3, 0.4) is 0 Å². The van der Waals surface area contributed by atoms with E-state index in [4.69, 9.17) is 14.2 Å². The third kappa shape index (κ3) is 5.35. The lowest BCUT2D eigenvalue weighted by atomic mass is 9.84. The highest BCUT2D eigenvalue weighted by atomic mass is 19.1. The first-order valence-electron chi connectivity index (χ1n) is 10.9. The van der Waals surface area contributed by atoms with Crippen LogP contribution < -0.4 is 15.4 Å². The van der Waals surface area contributed by atoms with Crippen molar-refractivity contribution in [2.24, 2.45) is 0 Å². The van der Waals surface area contributed by atoms with Crippen LogP contribution in [0.25, 0.3) is 0 Å². The lowest BCUT2D eigenvalue weighted by Crippen LogP contribution is -2.47. The summed E-state index contributed by atoms with van der Waals surface area (Å²) in [4.78, 5) is 24.4. The number of aliphatic hydroxyl groups is 1. The quantitative estimate of drug-likeness (QED) is 0.540. The molecule has 1 fully saturated rings. The van der Waals surface area contributed by atoms with E-state index in [-0.39, 0.29) is 49.5 Å². The molecule has 0 aromatic heterocycles. The first-order chi connectivity index (χ1) is 16.4. The van der Waals surface area contributed by atoms with E-state index >= 15 is 0 Å². The molecule has 2 heterocycles. The van der Waals surface area contributed by atoms with Crippen LogP contribution in [0.2, 0.25) is 0 Å². The Balaban J connectivity index is 1.42. The van der Waals surface area contributed by atoms with Gasteiger partial charge in [0.15, 0.2) is 0 Å². The molecule has 0 saturated carbocycles. The fourth-order valence-corrected chi connectivity index (χ4v) is 4.45. The lowest BCUT2D eigenvalue weighted by molar-refractivity contribution is -0.142. The molecule has 10 heteroatoms. The van der Waals surface area contributed by atoms with E-state index < -0.39 is 29.9 Å². The second-order valence-electron chi connectivity index (χ2n) is 8.35. The van der Waals surface area contributed by atoms with Gasteiger partial charge in [0.05, 0.1) is 19.1 Å². The van der Waals surface area contributed by atoms with Crippen LogP contribution in [0, 0.1) is 11.6 Å². The fourth-order valence-electron chi connectivity index (χ4n) is 4.45. The van der Waals surface area contributed by atoms with Crippen LogP contribution in [-0.4, -0.2) is 55.6 Å². The number of halogens is 2. The Morgan fingerprint density at radius 3 is 2.76 bits per heavy atom. The third-order valence-corrected chi connectivity index (χ3v) is 5.96. The topological polar surface area (TPSA) is 106 Å². The minimum atomic E-state index is -0.642. The zero-order chi connectivity index (χ0) is 24.2. The average molecular weight is 476 g/mol. The summed E-state index contributed by atoms with van der Waals surface area (Å²) in [6.07, 6.45) is -1.15. The monoisotopic (exact) mass is 476 g/mol. The Morgan fingerprint density at radius 1 is 1.18 bits per heavy atom. The maximum absolute atomic E-state index is 13.8. The van der Waals surface area contributed by atoms with E-state index in [1.165, 1.54) is 7.11 Å². The second-order valence-corrected chi connectivity index (χ2v) is 8.35. The van der Waals surface area contributed by atoms with Gasteiger partial charge in [0.2, 0.25) is 11.8 Å². The summed E-state index contributed by atoms with van der Waals surface area (Å²) in [6, 6.07) is 8.34. The van der Waals surface area contributed by atoms with Gasteiger partial charge in [-0.2, -0.15) is 0 Å². The molecule has 34 heavy (non-hydrogen) atoms. The van der Waals surface area contributed by atoms with Gasteiger partial charge in [0.25, 0.3) is 0 Å². The molecule has 0 radical (unpaired) electrons. The summed E-state index contributed by atoms with van der Waals surface area (Å²) in [5.41, 5.74) is 1.49. The highest BCUT2D eigenvalue weighted by molar-refractivity contribution is 5.92. The highest BCUT2D eigenvalue weighted by Gasteiger charge is 2.46. The SMILES string of the molecule is COCC(=O)Nc1ccc2c(c1)[C@@H]1C[C@H](CC(=O)NCc3cc(F)ccc3F)O[C@@H](CO)[C@@H]1O2. The van der Waals surface area contributed by atoms with Gasteiger partial charge in [0.1, 0.15) is 36.2 Å². The molecule has 182 valence electrons. The molecular formula is C24H26F2N2O6. The Hall–Kier alpha value is -3.08. The molecule has 2 aliphatic rings. The average Bonchev–Trinajstić information content (AvgIpc) is 3.17. The standard InChI is InChI=1S/C24H26F2N2O6/c1-32-12-23(31)28-15-3-5-20-17(7-15)18-8-16(33-21(11-29)24(18)34-20)9-22(30)27-10-13-6-14(25)2-4-19(13)26/h2-7,16,18,21,24,29H,8-12H2,1H3,(H,27,30)(H,28,31)/t16-,18+,21+,24-/m1/s1. The predicted molar refractivity (Wildman–Crippen MR) is 117 cm³/mol. The number of methoxy groups -OCH3 is 1. The lowest BCUT2D eigenvalue weighted by Gasteiger charge is -2.37. The van der Waals surface area contributed by atoms with Crippen molar-refractivity contribution in [3.63, 3.8) is 0 Å². The molecule has 0 aliphatic carbocycles. The Bertz CT molecular complexity index is 1070. The van der Waals surface area contributed by atoms with E-state index in [1.807, 2.05) is 6.07 Å². The molecule has 4 atom stereocenters. The highest BCUT2D eigenvalue weighted by Crippen LogP contribution is 2.47. The summed E-state index contributed by atoms with van der Waals surface area (Å²) in [7, 11) is 1.43. The fraction of sp³-hybridized carbons (Fsp3) is 0.417. The number of anilines is 1. The van der Waals surface area contributed by atoms with Crippen molar-refractivity contribution in [3.05, 3.63) is 59.2 Å². The largest absolute Gasteiger partial charge is 0.487 e. The molecule has 3 N–H and O–H groups in total. The minimum absolute atomic E-state index is 0.0176. The number of nitrogens with one attached hydrogen (secondary N) is 2. The van der Waals surface area contributed by atoms with Gasteiger partial charge in [0, 0.05) is 36.4 Å². The zero-order valence-electron chi connectivity index (χ0n) is 18.6. The number of rotatable bonds is 8. The number of benzene rings is 2. The number of hydrogen-bond donors (Lipinski definition) is 3. The van der Waals surface area contributed by atoms with E-state index in [0.29, 0.717) is 17.9 Å². The van der Waals surface area contributed by atoms with Crippen LogP contribution in [0.5, 0.6) is 5.75 Å². The number of carbonyl (C=O) groups is 2. The van der Waals surface area contributed by atoms with E-state index in [0.717, 1.165) is 23.8 Å². The van der Waals surface area contributed by atoms with Gasteiger partial charge in [-0.15, -0.1) is 0 Å². The number of carbonyl (C=O) groups excluding carboxylic acids is 2. The summed E-state index contributed by atoms with van der Waals surface area (Å²) in [5.74, 6) is -1.39. The second kappa shape index (κ2) is 10.5. The van der Waals surface area contributed by atoms with Crippen LogP contribution in [0.1, 0.15) is 29.9 Å². The van der Waals surface area contributed by atoms with Gasteiger partial charge >= 0.3 is 0 Å². The number of hydrogen-bond acceptors (Lipinski definition) is 6. The van der Waals surface area contributed by atoms with Crippen molar-refractivity contribution >= 4 is 17.5 Å². The summed E-state index contributed by atoms with van der Waals surface area (Å²) < 4.78 is 43.9. The van der Waals surface area contributed by atoms with Crippen molar-refractivity contribution in [2.45, 2.75) is 43.6 Å². The van der Waals surface area contributed by atoms with Crippen molar-refractivity contribution in [3.8, 4) is 5.75 Å². The molecule has 8 nitrogen and oxygen atoms in total. The number of fused-ring (bicyclic) bond motifs is 3. The Labute approximate surface area is 195 Å². The molecular weight excluding hydrogens is 450 g/mol. The molecule has 0 bridgehead atoms. The van der Waals surface area contributed by atoms with Gasteiger partial charge in [-0.3, -0.25) is 9.59 Å². The van der Waals surface area contributed by atoms with Crippen molar-refractivity contribution in [1.82, 2.24) is 5.32 Å². The summed E-state index contributed by atoms with van der Waals surface area (Å²) in [6.45, 7) is -0.517. The Morgan fingerprint density at radius 2 is 2.00 bits per heavy atom. The normalized spacial score (nSPS) is 22.9. The molecule has 1 saturated heterocycles. The summed E-state index contributed by atoms with van der Waals surface area (Å²) in [5, 5.41) is 15.2. The van der Waals surface area contributed by atoms with Gasteiger partial charge in [-0.25, -0.2) is 8.78 Å². The molecule has 0 unspecified atom stereocenters. The van der Waals surface area contributed by atoms with Gasteiger partial charge in [-0.1, -0.05) is 0 Å². The molecule has 2 aliphatic heterocycles. The third-order valence-electron chi connectivity index (χ3n) is 5.96. The maximum atomic E-state index is 13.8. The molecule has 4 rings (SSSR count). The number of ether oxygens (including phenoxy) is 3. The molecule has 0 spiro atoms. The molecule has 2 aromatic carbocycles. The molecule has 2 amide bonds. The van der Waals surface area contributed by atoms with E-state index in [2.05, 4.69) is 10.6 Å². The van der Waals surface area contributed by atoms with Crippen molar-refractivity contribution in [1.29, 1.82) is 0 Å². The first-order valence-corrected chi connectivity index (χ1v) is 10.9. The summed E-state index contributed by atoms with van der Waals surface area (Å²) >= 11 is 0. The number of amides is 2. The van der Waals surface area contributed by atoms with E-state index in [9.17, 15) is 23.5 Å². The van der Waals surface area contributed by atoms with Crippen LogP contribution in [0.15, 0.2) is 36.4 Å². The minimum Gasteiger partial charge on any atom is -0.487 e. The maximum Gasteiger partial charge on any atom is 0.250 e. The molecule has 2 aromatic rings. The predicted octanol–water partition coefficient (Wildman–Crippen LogP) is 2.25.